The van der Waals surface area contributed by atoms with Crippen LogP contribution in [-0.4, -0.2) is 43.7 Å². The number of carbonyl (C=O) groups excluding carboxylic acids is 1. The number of ether oxygens (including phenoxy) is 1. The number of hydrogen-bond acceptors (Lipinski definition) is 4. The van der Waals surface area contributed by atoms with Gasteiger partial charge in [-0.25, -0.2) is 0 Å². The summed E-state index contributed by atoms with van der Waals surface area (Å²) in [5.41, 5.74) is 5.44. The summed E-state index contributed by atoms with van der Waals surface area (Å²) in [5, 5.41) is 0. The standard InChI is InChI=1S/C24H29NO2S/c1-25(12-11-17-9-10-24-19(13-17)14-20(26)16-28-24)15-18-5-3-7-22-21(18)6-4-8-23(22)27-2/h4,6,8-10,13,18H,3,5,7,11-12,14-16H2,1-2H3. The third-order valence-corrected chi connectivity index (χ3v) is 7.20. The van der Waals surface area contributed by atoms with E-state index >= 15 is 0 Å². The number of ketones is 1. The first-order chi connectivity index (χ1) is 13.6. The number of fused-ring (bicyclic) bond motifs is 2. The van der Waals surface area contributed by atoms with Crippen molar-refractivity contribution in [3.63, 3.8) is 0 Å². The quantitative estimate of drug-likeness (QED) is 0.720. The van der Waals surface area contributed by atoms with E-state index in [4.69, 9.17) is 4.74 Å². The van der Waals surface area contributed by atoms with Crippen molar-refractivity contribution in [1.82, 2.24) is 4.90 Å². The Bertz CT molecular complexity index is 864. The van der Waals surface area contributed by atoms with E-state index in [1.165, 1.54) is 40.0 Å². The molecule has 148 valence electrons. The van der Waals surface area contributed by atoms with E-state index in [2.05, 4.69) is 48.3 Å². The molecular formula is C24H29NO2S. The summed E-state index contributed by atoms with van der Waals surface area (Å²) >= 11 is 1.68. The minimum Gasteiger partial charge on any atom is -0.496 e. The molecule has 0 N–H and O–H groups in total. The summed E-state index contributed by atoms with van der Waals surface area (Å²) in [5.74, 6) is 2.61. The first-order valence-corrected chi connectivity index (χ1v) is 11.2. The van der Waals surface area contributed by atoms with Gasteiger partial charge in [0.2, 0.25) is 0 Å². The lowest BCUT2D eigenvalue weighted by Crippen LogP contribution is -2.28. The molecule has 0 spiro atoms. The van der Waals surface area contributed by atoms with Gasteiger partial charge in [-0.1, -0.05) is 24.3 Å². The van der Waals surface area contributed by atoms with E-state index in [0.717, 1.165) is 31.7 Å². The number of likely N-dealkylation sites (N-methyl/N-ethyl adjacent to an activating group) is 1. The molecule has 0 saturated carbocycles. The SMILES string of the molecule is COc1cccc2c1CCCC2CN(C)CCc1ccc2c(c1)CC(=O)CS2. The van der Waals surface area contributed by atoms with Gasteiger partial charge in [-0.3, -0.25) is 4.79 Å². The van der Waals surface area contributed by atoms with E-state index < -0.39 is 0 Å². The fourth-order valence-electron chi connectivity index (χ4n) is 4.57. The van der Waals surface area contributed by atoms with Crippen molar-refractivity contribution >= 4 is 17.5 Å². The van der Waals surface area contributed by atoms with Gasteiger partial charge < -0.3 is 9.64 Å². The second kappa shape index (κ2) is 8.71. The molecule has 3 nitrogen and oxygen atoms in total. The van der Waals surface area contributed by atoms with Crippen LogP contribution in [0.15, 0.2) is 41.3 Å². The molecule has 0 amide bonds. The third kappa shape index (κ3) is 4.28. The average molecular weight is 396 g/mol. The molecule has 0 fully saturated rings. The molecule has 2 aromatic carbocycles. The Kier molecular flexibility index (Phi) is 6.07. The van der Waals surface area contributed by atoms with Gasteiger partial charge in [-0.15, -0.1) is 11.8 Å². The second-order valence-electron chi connectivity index (χ2n) is 8.08. The minimum atomic E-state index is 0.346. The van der Waals surface area contributed by atoms with Crippen LogP contribution in [0.5, 0.6) is 5.75 Å². The highest BCUT2D eigenvalue weighted by Crippen LogP contribution is 2.37. The number of hydrogen-bond donors (Lipinski definition) is 0. The van der Waals surface area contributed by atoms with Crippen molar-refractivity contribution in [3.8, 4) is 5.75 Å². The zero-order valence-electron chi connectivity index (χ0n) is 16.9. The van der Waals surface area contributed by atoms with Crippen molar-refractivity contribution in [3.05, 3.63) is 58.7 Å². The summed E-state index contributed by atoms with van der Waals surface area (Å²) in [4.78, 5) is 15.5. The summed E-state index contributed by atoms with van der Waals surface area (Å²) < 4.78 is 5.58. The number of nitrogens with zero attached hydrogens (tertiary/aromatic N) is 1. The van der Waals surface area contributed by atoms with Gasteiger partial charge in [0.15, 0.2) is 0 Å². The topological polar surface area (TPSA) is 29.5 Å². The first kappa shape index (κ1) is 19.5. The van der Waals surface area contributed by atoms with Gasteiger partial charge in [-0.2, -0.15) is 0 Å². The molecule has 0 aromatic heterocycles. The van der Waals surface area contributed by atoms with Crippen LogP contribution in [0.1, 0.15) is 41.0 Å². The highest BCUT2D eigenvalue weighted by Gasteiger charge is 2.24. The molecule has 2 aliphatic rings. The van der Waals surface area contributed by atoms with Crippen LogP contribution < -0.4 is 4.74 Å². The Balaban J connectivity index is 1.38. The monoisotopic (exact) mass is 395 g/mol. The molecular weight excluding hydrogens is 366 g/mol. The van der Waals surface area contributed by atoms with E-state index in [9.17, 15) is 4.79 Å². The highest BCUT2D eigenvalue weighted by atomic mass is 32.2. The maximum absolute atomic E-state index is 11.7. The van der Waals surface area contributed by atoms with Crippen molar-refractivity contribution in [1.29, 1.82) is 0 Å². The largest absolute Gasteiger partial charge is 0.496 e. The van der Waals surface area contributed by atoms with Gasteiger partial charge >= 0.3 is 0 Å². The molecule has 4 heteroatoms. The van der Waals surface area contributed by atoms with Gasteiger partial charge in [0, 0.05) is 24.4 Å². The number of carbonyl (C=O) groups is 1. The molecule has 1 aliphatic carbocycles. The Morgan fingerprint density at radius 3 is 3.00 bits per heavy atom. The number of Topliss-reactive ketones (excluding diaryl/α,β-unsaturated/α-hetero) is 1. The van der Waals surface area contributed by atoms with Gasteiger partial charge in [-0.05, 0) is 73.0 Å². The molecule has 28 heavy (non-hydrogen) atoms. The first-order valence-electron chi connectivity index (χ1n) is 10.2. The van der Waals surface area contributed by atoms with E-state index in [1.807, 2.05) is 0 Å². The molecule has 1 atom stereocenters. The zero-order valence-corrected chi connectivity index (χ0v) is 17.7. The Hall–Kier alpha value is -1.78. The third-order valence-electron chi connectivity index (χ3n) is 6.02. The maximum atomic E-state index is 11.7. The van der Waals surface area contributed by atoms with E-state index in [-0.39, 0.29) is 0 Å². The minimum absolute atomic E-state index is 0.346. The summed E-state index contributed by atoms with van der Waals surface area (Å²) in [6.07, 6.45) is 5.25. The lowest BCUT2D eigenvalue weighted by molar-refractivity contribution is -0.116. The number of thioether (sulfide) groups is 1. The predicted octanol–water partition coefficient (Wildman–Crippen LogP) is 4.51. The number of methoxy groups -OCH3 is 1. The number of rotatable bonds is 6. The van der Waals surface area contributed by atoms with Crippen molar-refractivity contribution in [2.24, 2.45) is 0 Å². The van der Waals surface area contributed by atoms with Crippen LogP contribution in [-0.2, 0) is 24.1 Å². The smallest absolute Gasteiger partial charge is 0.147 e. The van der Waals surface area contributed by atoms with E-state index in [1.54, 1.807) is 18.9 Å². The van der Waals surface area contributed by atoms with Crippen LogP contribution in [0.25, 0.3) is 0 Å². The van der Waals surface area contributed by atoms with E-state index in [0.29, 0.717) is 23.9 Å². The Morgan fingerprint density at radius 1 is 1.25 bits per heavy atom. The summed E-state index contributed by atoms with van der Waals surface area (Å²) in [6.45, 7) is 2.12. The Morgan fingerprint density at radius 2 is 2.14 bits per heavy atom. The maximum Gasteiger partial charge on any atom is 0.147 e. The average Bonchev–Trinajstić information content (AvgIpc) is 2.71. The second-order valence-corrected chi connectivity index (χ2v) is 9.09. The molecule has 4 rings (SSSR count). The van der Waals surface area contributed by atoms with Crippen molar-refractivity contribution in [2.75, 3.05) is 33.0 Å². The molecule has 0 radical (unpaired) electrons. The van der Waals surface area contributed by atoms with Crippen LogP contribution in [0.3, 0.4) is 0 Å². The zero-order chi connectivity index (χ0) is 19.5. The van der Waals surface area contributed by atoms with Gasteiger partial charge in [0.05, 0.1) is 12.9 Å². The normalized spacial score (nSPS) is 18.7. The molecule has 1 heterocycles. The van der Waals surface area contributed by atoms with Crippen LogP contribution in [0.2, 0.25) is 0 Å². The van der Waals surface area contributed by atoms with Gasteiger partial charge in [0.25, 0.3) is 0 Å². The van der Waals surface area contributed by atoms with Crippen LogP contribution in [0, 0.1) is 0 Å². The Labute approximate surface area is 172 Å². The lowest BCUT2D eigenvalue weighted by atomic mass is 9.82. The van der Waals surface area contributed by atoms with Crippen LogP contribution in [0.4, 0.5) is 0 Å². The molecule has 0 saturated heterocycles. The fraction of sp³-hybridized carbons (Fsp3) is 0.458. The summed E-state index contributed by atoms with van der Waals surface area (Å²) in [6, 6.07) is 13.2. The lowest BCUT2D eigenvalue weighted by Gasteiger charge is -2.30. The summed E-state index contributed by atoms with van der Waals surface area (Å²) in [7, 11) is 4.00. The van der Waals surface area contributed by atoms with Crippen molar-refractivity contribution in [2.45, 2.75) is 42.9 Å². The van der Waals surface area contributed by atoms with Crippen molar-refractivity contribution < 1.29 is 9.53 Å². The molecule has 2 aromatic rings. The highest BCUT2D eigenvalue weighted by molar-refractivity contribution is 8.00. The predicted molar refractivity (Wildman–Crippen MR) is 116 cm³/mol. The van der Waals surface area contributed by atoms with Crippen LogP contribution >= 0.6 is 11.8 Å². The number of benzene rings is 2. The van der Waals surface area contributed by atoms with Gasteiger partial charge in [0.1, 0.15) is 11.5 Å². The molecule has 1 aliphatic heterocycles. The molecule has 1 unspecified atom stereocenters. The fourth-order valence-corrected chi connectivity index (χ4v) is 5.47. The molecule has 0 bridgehead atoms.